The van der Waals surface area contributed by atoms with Gasteiger partial charge in [-0.15, -0.1) is 0 Å². The lowest BCUT2D eigenvalue weighted by molar-refractivity contribution is 0.0780. The summed E-state index contributed by atoms with van der Waals surface area (Å²) in [5, 5.41) is 4.03. The van der Waals surface area contributed by atoms with Crippen LogP contribution < -0.4 is 0 Å². The van der Waals surface area contributed by atoms with Crippen LogP contribution in [0.5, 0.6) is 0 Å². The second kappa shape index (κ2) is 5.52. The highest BCUT2D eigenvalue weighted by Crippen LogP contribution is 2.17. The fourth-order valence-electron chi connectivity index (χ4n) is 1.77. The summed E-state index contributed by atoms with van der Waals surface area (Å²) in [6, 6.07) is 4.32. The second-order valence-electron chi connectivity index (χ2n) is 4.31. The SMILES string of the molecule is CN(Cc1cnn(C)c1)C(=O)c1cc(Br)ccc1F. The third-order valence-electron chi connectivity index (χ3n) is 2.68. The highest BCUT2D eigenvalue weighted by atomic mass is 79.9. The fraction of sp³-hybridized carbons (Fsp3) is 0.231. The minimum Gasteiger partial charge on any atom is -0.337 e. The number of carbonyl (C=O) groups is 1. The average Bonchev–Trinajstić information content (AvgIpc) is 2.77. The fourth-order valence-corrected chi connectivity index (χ4v) is 2.13. The maximum Gasteiger partial charge on any atom is 0.256 e. The van der Waals surface area contributed by atoms with Gasteiger partial charge in [-0.3, -0.25) is 9.48 Å². The molecule has 0 spiro atoms. The monoisotopic (exact) mass is 325 g/mol. The second-order valence-corrected chi connectivity index (χ2v) is 5.22. The van der Waals surface area contributed by atoms with Gasteiger partial charge in [0.05, 0.1) is 11.8 Å². The van der Waals surface area contributed by atoms with Gasteiger partial charge < -0.3 is 4.90 Å². The Bertz CT molecular complexity index is 612. The lowest BCUT2D eigenvalue weighted by Crippen LogP contribution is -2.26. The Kier molecular flexibility index (Phi) is 3.99. The first-order valence-corrected chi connectivity index (χ1v) is 6.44. The van der Waals surface area contributed by atoms with E-state index in [1.54, 1.807) is 31.0 Å². The van der Waals surface area contributed by atoms with E-state index in [9.17, 15) is 9.18 Å². The number of aromatic nitrogens is 2. The first-order chi connectivity index (χ1) is 8.97. The summed E-state index contributed by atoms with van der Waals surface area (Å²) in [4.78, 5) is 13.6. The van der Waals surface area contributed by atoms with Gasteiger partial charge in [0.1, 0.15) is 5.82 Å². The van der Waals surface area contributed by atoms with Gasteiger partial charge in [-0.2, -0.15) is 5.10 Å². The molecule has 1 aromatic carbocycles. The smallest absolute Gasteiger partial charge is 0.256 e. The molecule has 0 aliphatic heterocycles. The Morgan fingerprint density at radius 3 is 2.89 bits per heavy atom. The van der Waals surface area contributed by atoms with Gasteiger partial charge in [-0.25, -0.2) is 4.39 Å². The van der Waals surface area contributed by atoms with Gasteiger partial charge in [0.15, 0.2) is 0 Å². The molecule has 0 atom stereocenters. The largest absolute Gasteiger partial charge is 0.337 e. The van der Waals surface area contributed by atoms with E-state index < -0.39 is 5.82 Å². The van der Waals surface area contributed by atoms with Crippen molar-refractivity contribution >= 4 is 21.8 Å². The summed E-state index contributed by atoms with van der Waals surface area (Å²) in [5.74, 6) is -0.881. The predicted octanol–water partition coefficient (Wildman–Crippen LogP) is 2.59. The Morgan fingerprint density at radius 1 is 1.53 bits per heavy atom. The zero-order chi connectivity index (χ0) is 14.0. The van der Waals surface area contributed by atoms with Gasteiger partial charge in [-0.1, -0.05) is 15.9 Å². The summed E-state index contributed by atoms with van der Waals surface area (Å²) < 4.78 is 16.0. The van der Waals surface area contributed by atoms with Crippen molar-refractivity contribution in [1.82, 2.24) is 14.7 Å². The van der Waals surface area contributed by atoms with Crippen molar-refractivity contribution in [2.24, 2.45) is 7.05 Å². The topological polar surface area (TPSA) is 38.1 Å². The molecule has 0 radical (unpaired) electrons. The van der Waals surface area contributed by atoms with E-state index in [-0.39, 0.29) is 11.5 Å². The zero-order valence-electron chi connectivity index (χ0n) is 10.6. The van der Waals surface area contributed by atoms with E-state index in [1.807, 2.05) is 6.20 Å². The molecule has 0 saturated carbocycles. The van der Waals surface area contributed by atoms with E-state index >= 15 is 0 Å². The molecule has 0 fully saturated rings. The lowest BCUT2D eigenvalue weighted by atomic mass is 10.2. The molecule has 100 valence electrons. The van der Waals surface area contributed by atoms with E-state index in [0.29, 0.717) is 11.0 Å². The molecule has 1 aromatic heterocycles. The Morgan fingerprint density at radius 2 is 2.26 bits per heavy atom. The van der Waals surface area contributed by atoms with Crippen molar-refractivity contribution < 1.29 is 9.18 Å². The van der Waals surface area contributed by atoms with Crippen molar-refractivity contribution in [2.75, 3.05) is 7.05 Å². The number of hydrogen-bond acceptors (Lipinski definition) is 2. The first-order valence-electron chi connectivity index (χ1n) is 5.65. The molecular formula is C13H13BrFN3O. The highest BCUT2D eigenvalue weighted by Gasteiger charge is 2.17. The van der Waals surface area contributed by atoms with Gasteiger partial charge in [0.25, 0.3) is 5.91 Å². The summed E-state index contributed by atoms with van der Waals surface area (Å²) in [7, 11) is 3.44. The Labute approximate surface area is 119 Å². The molecule has 19 heavy (non-hydrogen) atoms. The highest BCUT2D eigenvalue weighted by molar-refractivity contribution is 9.10. The van der Waals surface area contributed by atoms with Gasteiger partial charge in [0, 0.05) is 36.9 Å². The Hall–Kier alpha value is -1.69. The van der Waals surface area contributed by atoms with E-state index in [1.165, 1.54) is 17.0 Å². The minimum atomic E-state index is -0.522. The number of benzene rings is 1. The molecule has 2 rings (SSSR count). The lowest BCUT2D eigenvalue weighted by Gasteiger charge is -2.16. The molecule has 0 aliphatic carbocycles. The van der Waals surface area contributed by atoms with Crippen LogP contribution in [0.1, 0.15) is 15.9 Å². The quantitative estimate of drug-likeness (QED) is 0.870. The van der Waals surface area contributed by atoms with Crippen LogP contribution in [0.4, 0.5) is 4.39 Å². The number of hydrogen-bond donors (Lipinski definition) is 0. The number of aryl methyl sites for hydroxylation is 1. The number of halogens is 2. The third kappa shape index (κ3) is 3.20. The number of nitrogens with zero attached hydrogens (tertiary/aromatic N) is 3. The van der Waals surface area contributed by atoms with Crippen LogP contribution in [0.2, 0.25) is 0 Å². The maximum absolute atomic E-state index is 13.6. The van der Waals surface area contributed by atoms with Crippen molar-refractivity contribution in [1.29, 1.82) is 0 Å². The van der Waals surface area contributed by atoms with Crippen molar-refractivity contribution in [2.45, 2.75) is 6.54 Å². The Balaban J connectivity index is 2.16. The first kappa shape index (κ1) is 13.7. The number of rotatable bonds is 3. The number of amides is 1. The molecule has 0 bridgehead atoms. The molecule has 2 aromatic rings. The van der Waals surface area contributed by atoms with Gasteiger partial charge >= 0.3 is 0 Å². The number of carbonyl (C=O) groups excluding carboxylic acids is 1. The molecular weight excluding hydrogens is 313 g/mol. The molecule has 1 amide bonds. The zero-order valence-corrected chi connectivity index (χ0v) is 12.2. The predicted molar refractivity (Wildman–Crippen MR) is 73.1 cm³/mol. The van der Waals surface area contributed by atoms with Crippen LogP contribution in [0.3, 0.4) is 0 Å². The van der Waals surface area contributed by atoms with Gasteiger partial charge in [0.2, 0.25) is 0 Å². The van der Waals surface area contributed by atoms with E-state index in [0.717, 1.165) is 5.56 Å². The molecule has 0 aliphatic rings. The standard InChI is InChI=1S/C13H13BrFN3O/c1-17(7-9-6-16-18(2)8-9)13(19)11-5-10(14)3-4-12(11)15/h3-6,8H,7H2,1-2H3. The van der Waals surface area contributed by atoms with Gasteiger partial charge in [-0.05, 0) is 18.2 Å². The van der Waals surface area contributed by atoms with Crippen LogP contribution in [0, 0.1) is 5.82 Å². The molecule has 0 unspecified atom stereocenters. The van der Waals surface area contributed by atoms with Crippen molar-refractivity contribution in [3.05, 3.63) is 52.0 Å². The summed E-state index contributed by atoms with van der Waals surface area (Å²) in [6.45, 7) is 0.388. The van der Waals surface area contributed by atoms with Crippen LogP contribution in [0.15, 0.2) is 35.1 Å². The molecule has 1 heterocycles. The minimum absolute atomic E-state index is 0.0563. The third-order valence-corrected chi connectivity index (χ3v) is 3.18. The summed E-state index contributed by atoms with van der Waals surface area (Å²) in [6.07, 6.45) is 3.50. The normalized spacial score (nSPS) is 10.5. The molecule has 0 N–H and O–H groups in total. The van der Waals surface area contributed by atoms with Crippen LogP contribution in [-0.2, 0) is 13.6 Å². The van der Waals surface area contributed by atoms with Crippen molar-refractivity contribution in [3.63, 3.8) is 0 Å². The van der Waals surface area contributed by atoms with E-state index in [2.05, 4.69) is 21.0 Å². The van der Waals surface area contributed by atoms with Crippen LogP contribution in [0.25, 0.3) is 0 Å². The summed E-state index contributed by atoms with van der Waals surface area (Å²) in [5.41, 5.74) is 0.953. The maximum atomic E-state index is 13.6. The van der Waals surface area contributed by atoms with Crippen molar-refractivity contribution in [3.8, 4) is 0 Å². The van der Waals surface area contributed by atoms with Crippen LogP contribution >= 0.6 is 15.9 Å². The van der Waals surface area contributed by atoms with Crippen LogP contribution in [-0.4, -0.2) is 27.6 Å². The molecule has 4 nitrogen and oxygen atoms in total. The van der Waals surface area contributed by atoms with E-state index in [4.69, 9.17) is 0 Å². The summed E-state index contributed by atoms with van der Waals surface area (Å²) >= 11 is 3.23. The average molecular weight is 326 g/mol. The molecule has 0 saturated heterocycles. The molecule has 6 heteroatoms.